The van der Waals surface area contributed by atoms with Crippen LogP contribution in [0, 0.1) is 0 Å². The Balaban J connectivity index is 1.92. The molecule has 1 atom stereocenters. The highest BCUT2D eigenvalue weighted by Gasteiger charge is 2.29. The Morgan fingerprint density at radius 2 is 1.95 bits per heavy atom. The number of hydrogen-bond acceptors (Lipinski definition) is 3. The van der Waals surface area contributed by atoms with Crippen LogP contribution < -0.4 is 10.1 Å². The number of carbonyl (C=O) groups excluding carboxylic acids is 2. The van der Waals surface area contributed by atoms with Crippen LogP contribution in [0.4, 0.5) is 5.69 Å². The number of ketones is 1. The number of amides is 1. The van der Waals surface area contributed by atoms with Gasteiger partial charge in [0.2, 0.25) is 6.10 Å². The van der Waals surface area contributed by atoms with Gasteiger partial charge in [-0.2, -0.15) is 0 Å². The minimum absolute atomic E-state index is 0.0391. The van der Waals surface area contributed by atoms with Crippen molar-refractivity contribution in [3.8, 4) is 5.75 Å². The maximum atomic E-state index is 12.2. The third-order valence-corrected chi connectivity index (χ3v) is 3.47. The molecule has 1 heterocycles. The van der Waals surface area contributed by atoms with Crippen LogP contribution in [0.15, 0.2) is 48.5 Å². The molecule has 1 amide bonds. The van der Waals surface area contributed by atoms with Crippen molar-refractivity contribution in [2.75, 3.05) is 5.32 Å². The first-order chi connectivity index (χ1) is 10.2. The SMILES string of the molecule is CCC(=O)c1ccc2c(c1)NC(=O)C(c1ccccc1)O2. The van der Waals surface area contributed by atoms with Crippen LogP contribution >= 0.6 is 0 Å². The Morgan fingerprint density at radius 3 is 2.67 bits per heavy atom. The minimum atomic E-state index is -0.661. The van der Waals surface area contributed by atoms with Gasteiger partial charge in [0.25, 0.3) is 5.91 Å². The average Bonchev–Trinajstić information content (AvgIpc) is 2.53. The van der Waals surface area contributed by atoms with Crippen LogP contribution in [0.3, 0.4) is 0 Å². The summed E-state index contributed by atoms with van der Waals surface area (Å²) in [6.07, 6.45) is -0.230. The van der Waals surface area contributed by atoms with E-state index in [0.717, 1.165) is 5.56 Å². The zero-order chi connectivity index (χ0) is 14.8. The number of anilines is 1. The summed E-state index contributed by atoms with van der Waals surface area (Å²) in [6.45, 7) is 1.81. The molecule has 1 N–H and O–H groups in total. The molecule has 0 saturated carbocycles. The van der Waals surface area contributed by atoms with E-state index in [4.69, 9.17) is 4.74 Å². The topological polar surface area (TPSA) is 55.4 Å². The van der Waals surface area contributed by atoms with Gasteiger partial charge in [-0.3, -0.25) is 9.59 Å². The fourth-order valence-electron chi connectivity index (χ4n) is 2.33. The van der Waals surface area contributed by atoms with Crippen LogP contribution in [0.5, 0.6) is 5.75 Å². The molecular weight excluding hydrogens is 266 g/mol. The van der Waals surface area contributed by atoms with E-state index in [9.17, 15) is 9.59 Å². The van der Waals surface area contributed by atoms with Gasteiger partial charge in [0.15, 0.2) is 5.78 Å². The maximum absolute atomic E-state index is 12.2. The first-order valence-electron chi connectivity index (χ1n) is 6.88. The molecule has 21 heavy (non-hydrogen) atoms. The van der Waals surface area contributed by atoms with E-state index in [2.05, 4.69) is 5.32 Å². The van der Waals surface area contributed by atoms with E-state index in [1.54, 1.807) is 18.2 Å². The van der Waals surface area contributed by atoms with Gasteiger partial charge in [-0.15, -0.1) is 0 Å². The predicted octanol–water partition coefficient (Wildman–Crippen LogP) is 3.35. The molecule has 3 rings (SSSR count). The average molecular weight is 281 g/mol. The highest BCUT2D eigenvalue weighted by Crippen LogP contribution is 2.35. The fourth-order valence-corrected chi connectivity index (χ4v) is 2.33. The summed E-state index contributed by atoms with van der Waals surface area (Å²) in [5.41, 5.74) is 1.93. The summed E-state index contributed by atoms with van der Waals surface area (Å²) in [5, 5.41) is 2.81. The number of hydrogen-bond donors (Lipinski definition) is 1. The van der Waals surface area contributed by atoms with Gasteiger partial charge in [0.05, 0.1) is 5.69 Å². The normalized spacial score (nSPS) is 16.6. The third-order valence-electron chi connectivity index (χ3n) is 3.47. The van der Waals surface area contributed by atoms with Crippen LogP contribution in [0.1, 0.15) is 35.4 Å². The van der Waals surface area contributed by atoms with Crippen molar-refractivity contribution in [1.82, 2.24) is 0 Å². The van der Waals surface area contributed by atoms with Gasteiger partial charge < -0.3 is 10.1 Å². The standard InChI is InChI=1S/C17H15NO3/c1-2-14(19)12-8-9-15-13(10-12)18-17(20)16(21-15)11-6-4-3-5-7-11/h3-10,16H,2H2,1H3,(H,18,20). The Kier molecular flexibility index (Phi) is 3.44. The van der Waals surface area contributed by atoms with Crippen molar-refractivity contribution < 1.29 is 14.3 Å². The maximum Gasteiger partial charge on any atom is 0.270 e. The number of nitrogens with one attached hydrogen (secondary N) is 1. The van der Waals surface area contributed by atoms with E-state index in [-0.39, 0.29) is 11.7 Å². The fraction of sp³-hybridized carbons (Fsp3) is 0.176. The van der Waals surface area contributed by atoms with Crippen LogP contribution in [0.25, 0.3) is 0 Å². The lowest BCUT2D eigenvalue weighted by molar-refractivity contribution is -0.123. The summed E-state index contributed by atoms with van der Waals surface area (Å²) >= 11 is 0. The van der Waals surface area contributed by atoms with E-state index in [0.29, 0.717) is 23.4 Å². The molecule has 4 nitrogen and oxygen atoms in total. The smallest absolute Gasteiger partial charge is 0.270 e. The van der Waals surface area contributed by atoms with E-state index >= 15 is 0 Å². The van der Waals surface area contributed by atoms with Crippen LogP contribution in [-0.4, -0.2) is 11.7 Å². The highest BCUT2D eigenvalue weighted by molar-refractivity contribution is 6.01. The molecule has 106 valence electrons. The third kappa shape index (κ3) is 2.52. The molecule has 2 aromatic carbocycles. The monoisotopic (exact) mass is 281 g/mol. The van der Waals surface area contributed by atoms with Crippen LogP contribution in [-0.2, 0) is 4.79 Å². The van der Waals surface area contributed by atoms with Gasteiger partial charge in [0, 0.05) is 17.5 Å². The number of benzene rings is 2. The predicted molar refractivity (Wildman–Crippen MR) is 79.5 cm³/mol. The largest absolute Gasteiger partial charge is 0.474 e. The van der Waals surface area contributed by atoms with Gasteiger partial charge in [-0.1, -0.05) is 37.3 Å². The second kappa shape index (κ2) is 5.40. The number of rotatable bonds is 3. The lowest BCUT2D eigenvalue weighted by Gasteiger charge is -2.26. The molecule has 0 radical (unpaired) electrons. The minimum Gasteiger partial charge on any atom is -0.474 e. The number of ether oxygens (including phenoxy) is 1. The number of fused-ring (bicyclic) bond motifs is 1. The Bertz CT molecular complexity index is 694. The zero-order valence-electron chi connectivity index (χ0n) is 11.6. The lowest BCUT2D eigenvalue weighted by atomic mass is 10.0. The number of Topliss-reactive ketones (excluding diaryl/α,β-unsaturated/α-hetero) is 1. The van der Waals surface area contributed by atoms with Crippen molar-refractivity contribution in [1.29, 1.82) is 0 Å². The second-order valence-corrected chi connectivity index (χ2v) is 4.89. The molecule has 0 bridgehead atoms. The lowest BCUT2D eigenvalue weighted by Crippen LogP contribution is -2.30. The van der Waals surface area contributed by atoms with E-state index in [1.165, 1.54) is 0 Å². The highest BCUT2D eigenvalue weighted by atomic mass is 16.5. The van der Waals surface area contributed by atoms with Crippen molar-refractivity contribution in [2.45, 2.75) is 19.4 Å². The summed E-state index contributed by atoms with van der Waals surface area (Å²) in [5.74, 6) is 0.392. The molecule has 2 aromatic rings. The molecule has 0 aliphatic carbocycles. The Hall–Kier alpha value is -2.62. The quantitative estimate of drug-likeness (QED) is 0.878. The van der Waals surface area contributed by atoms with Gasteiger partial charge >= 0.3 is 0 Å². The summed E-state index contributed by atoms with van der Waals surface area (Å²) in [7, 11) is 0. The van der Waals surface area contributed by atoms with E-state index in [1.807, 2.05) is 37.3 Å². The first kappa shape index (κ1) is 13.4. The Labute approximate surface area is 122 Å². The molecule has 1 aliphatic rings. The van der Waals surface area contributed by atoms with Crippen molar-refractivity contribution in [2.24, 2.45) is 0 Å². The van der Waals surface area contributed by atoms with Gasteiger partial charge in [-0.25, -0.2) is 0 Å². The summed E-state index contributed by atoms with van der Waals surface area (Å²) in [6, 6.07) is 14.4. The molecule has 1 unspecified atom stereocenters. The molecule has 1 aliphatic heterocycles. The molecule has 0 aromatic heterocycles. The van der Waals surface area contributed by atoms with Crippen molar-refractivity contribution >= 4 is 17.4 Å². The Morgan fingerprint density at radius 1 is 1.19 bits per heavy atom. The molecule has 0 fully saturated rings. The summed E-state index contributed by atoms with van der Waals surface area (Å²) in [4.78, 5) is 23.9. The van der Waals surface area contributed by atoms with Gasteiger partial charge in [0.1, 0.15) is 5.75 Å². The van der Waals surface area contributed by atoms with Crippen molar-refractivity contribution in [3.05, 3.63) is 59.7 Å². The van der Waals surface area contributed by atoms with Gasteiger partial charge in [-0.05, 0) is 18.2 Å². The first-order valence-corrected chi connectivity index (χ1v) is 6.88. The van der Waals surface area contributed by atoms with E-state index < -0.39 is 6.10 Å². The van der Waals surface area contributed by atoms with Crippen molar-refractivity contribution in [3.63, 3.8) is 0 Å². The van der Waals surface area contributed by atoms with Crippen LogP contribution in [0.2, 0.25) is 0 Å². The molecule has 4 heteroatoms. The summed E-state index contributed by atoms with van der Waals surface area (Å²) < 4.78 is 5.78. The molecular formula is C17H15NO3. The molecule has 0 saturated heterocycles. The zero-order valence-corrected chi connectivity index (χ0v) is 11.6. The molecule has 0 spiro atoms. The second-order valence-electron chi connectivity index (χ2n) is 4.89. The number of carbonyl (C=O) groups is 2.